The van der Waals surface area contributed by atoms with E-state index < -0.39 is 15.9 Å². The summed E-state index contributed by atoms with van der Waals surface area (Å²) in [5.74, 6) is 0.220. The minimum atomic E-state index is -3.74. The van der Waals surface area contributed by atoms with E-state index in [0.29, 0.717) is 12.4 Å². The van der Waals surface area contributed by atoms with E-state index in [2.05, 4.69) is 15.3 Å². The molecule has 0 aliphatic carbocycles. The van der Waals surface area contributed by atoms with Crippen molar-refractivity contribution in [1.29, 1.82) is 0 Å². The van der Waals surface area contributed by atoms with Crippen molar-refractivity contribution in [1.82, 2.24) is 10.3 Å². The second-order valence-electron chi connectivity index (χ2n) is 7.48. The monoisotopic (exact) mass is 483 g/mol. The van der Waals surface area contributed by atoms with E-state index in [9.17, 15) is 13.2 Å². The van der Waals surface area contributed by atoms with Crippen molar-refractivity contribution in [2.75, 3.05) is 6.61 Å². The molecule has 4 rings (SSSR count). The molecule has 3 aromatic rings. The van der Waals surface area contributed by atoms with Crippen LogP contribution in [0.3, 0.4) is 0 Å². The van der Waals surface area contributed by atoms with Crippen LogP contribution < -0.4 is 20.6 Å². The first-order valence-corrected chi connectivity index (χ1v) is 12.3. The summed E-state index contributed by atoms with van der Waals surface area (Å²) in [6.45, 7) is 2.73. The number of nitrogens with zero attached hydrogens (tertiary/aromatic N) is 2. The Morgan fingerprint density at radius 3 is 2.58 bits per heavy atom. The highest BCUT2D eigenvalue weighted by Gasteiger charge is 2.20. The van der Waals surface area contributed by atoms with Crippen LogP contribution in [0, 0.1) is 0 Å². The lowest BCUT2D eigenvalue weighted by Crippen LogP contribution is -2.31. The van der Waals surface area contributed by atoms with Crippen LogP contribution in [0.4, 0.5) is 0 Å². The molecule has 9 heteroatoms. The smallest absolute Gasteiger partial charge is 0.249 e. The number of rotatable bonds is 8. The molecule has 170 valence electrons. The van der Waals surface area contributed by atoms with Crippen molar-refractivity contribution in [2.24, 2.45) is 4.99 Å². The first kappa shape index (κ1) is 22.9. The van der Waals surface area contributed by atoms with Crippen LogP contribution in [-0.4, -0.2) is 32.0 Å². The molecular weight excluding hydrogens is 462 g/mol. The highest BCUT2D eigenvalue weighted by molar-refractivity contribution is 7.91. The quantitative estimate of drug-likeness (QED) is 0.530. The van der Waals surface area contributed by atoms with Crippen LogP contribution in [0.15, 0.2) is 75.7 Å². The van der Waals surface area contributed by atoms with E-state index in [0.717, 1.165) is 22.6 Å². The third-order valence-electron chi connectivity index (χ3n) is 5.09. The van der Waals surface area contributed by atoms with Crippen molar-refractivity contribution < 1.29 is 17.9 Å². The van der Waals surface area contributed by atoms with Crippen LogP contribution >= 0.6 is 11.6 Å². The maximum absolute atomic E-state index is 13.0. The number of aromatic nitrogens is 1. The lowest BCUT2D eigenvalue weighted by molar-refractivity contribution is -0.121. The van der Waals surface area contributed by atoms with E-state index in [1.807, 2.05) is 6.92 Å². The predicted octanol–water partition coefficient (Wildman–Crippen LogP) is 2.46. The number of sulfone groups is 1. The largest absolute Gasteiger partial charge is 0.492 e. The van der Waals surface area contributed by atoms with Gasteiger partial charge in [-0.3, -0.25) is 14.8 Å². The second-order valence-corrected chi connectivity index (χ2v) is 9.84. The predicted molar refractivity (Wildman–Crippen MR) is 124 cm³/mol. The fourth-order valence-electron chi connectivity index (χ4n) is 3.33. The molecule has 2 aromatic carbocycles. The van der Waals surface area contributed by atoms with Crippen molar-refractivity contribution >= 4 is 33.4 Å². The molecule has 1 aliphatic rings. The molecule has 0 spiro atoms. The zero-order valence-electron chi connectivity index (χ0n) is 17.9. The maximum Gasteiger partial charge on any atom is 0.249 e. The van der Waals surface area contributed by atoms with E-state index in [4.69, 9.17) is 16.3 Å². The van der Waals surface area contributed by atoms with E-state index in [1.54, 1.807) is 42.7 Å². The molecule has 33 heavy (non-hydrogen) atoms. The van der Waals surface area contributed by atoms with Gasteiger partial charge in [0, 0.05) is 24.2 Å². The summed E-state index contributed by atoms with van der Waals surface area (Å²) in [6, 6.07) is 12.0. The third-order valence-corrected chi connectivity index (χ3v) is 7.15. The minimum absolute atomic E-state index is 0.0878. The fraction of sp³-hybridized carbons (Fsp3) is 0.208. The van der Waals surface area contributed by atoms with Crippen LogP contribution in [0.1, 0.15) is 18.9 Å². The normalized spacial score (nSPS) is 14.7. The average molecular weight is 484 g/mol. The van der Waals surface area contributed by atoms with E-state index in [-0.39, 0.29) is 27.3 Å². The second kappa shape index (κ2) is 9.72. The van der Waals surface area contributed by atoms with Gasteiger partial charge in [0.15, 0.2) is 0 Å². The number of pyridine rings is 1. The first-order chi connectivity index (χ1) is 15.9. The number of nitrogens with one attached hydrogen (secondary N) is 1. The minimum Gasteiger partial charge on any atom is -0.492 e. The number of carbonyl (C=O) groups excluding carboxylic acids is 1. The number of hydrogen-bond donors (Lipinski definition) is 1. The summed E-state index contributed by atoms with van der Waals surface area (Å²) in [5, 5.41) is 4.65. The van der Waals surface area contributed by atoms with Gasteiger partial charge in [-0.05, 0) is 54.5 Å². The molecule has 1 unspecified atom stereocenters. The first-order valence-electron chi connectivity index (χ1n) is 10.4. The molecule has 0 saturated heterocycles. The van der Waals surface area contributed by atoms with Gasteiger partial charge in [0.2, 0.25) is 15.7 Å². The Balaban J connectivity index is 1.42. The van der Waals surface area contributed by atoms with Crippen molar-refractivity contribution in [2.45, 2.75) is 35.7 Å². The molecule has 1 N–H and O–H groups in total. The van der Waals surface area contributed by atoms with Gasteiger partial charge in [-0.1, -0.05) is 30.7 Å². The topological polar surface area (TPSA) is 97.7 Å². The van der Waals surface area contributed by atoms with Gasteiger partial charge in [-0.2, -0.15) is 0 Å². The molecule has 2 heterocycles. The zero-order chi connectivity index (χ0) is 23.4. The lowest BCUT2D eigenvalue weighted by Gasteiger charge is -2.11. The number of carbonyl (C=O) groups is 1. The lowest BCUT2D eigenvalue weighted by atomic mass is 10.2. The molecule has 1 amide bonds. The third kappa shape index (κ3) is 5.07. The van der Waals surface area contributed by atoms with Crippen LogP contribution in [0.2, 0.25) is 5.02 Å². The molecule has 7 nitrogen and oxygen atoms in total. The standard InChI is InChI=1S/C24H22ClN3O4S/c1-2-11-32-23-8-7-19(13-20(23)25)33(30,31)18-5-3-16(4-6-18)14-27-24(29)22-12-17-15-26-10-9-21(17)28-22/h3-10,12-13,15,22H,2,11,14H2,1H3,(H,27,29). The SMILES string of the molecule is CCCOc1ccc(S(=O)(=O)c2ccc(CNC(=O)C3C=c4cnccc4=N3)cc2)cc1Cl. The van der Waals surface area contributed by atoms with Crippen LogP contribution in [-0.2, 0) is 21.2 Å². The van der Waals surface area contributed by atoms with Crippen molar-refractivity contribution in [3.8, 4) is 5.75 Å². The molecule has 1 aliphatic heterocycles. The number of amides is 1. The summed E-state index contributed by atoms with van der Waals surface area (Å²) < 4.78 is 31.5. The maximum atomic E-state index is 13.0. The number of halogens is 1. The Hall–Kier alpha value is -3.23. The van der Waals surface area contributed by atoms with Gasteiger partial charge in [0.1, 0.15) is 11.8 Å². The number of benzene rings is 2. The van der Waals surface area contributed by atoms with Gasteiger partial charge in [-0.15, -0.1) is 0 Å². The molecule has 0 radical (unpaired) electrons. The van der Waals surface area contributed by atoms with Crippen molar-refractivity contribution in [3.05, 3.63) is 82.1 Å². The van der Waals surface area contributed by atoms with Gasteiger partial charge in [-0.25, -0.2) is 8.42 Å². The Bertz CT molecular complexity index is 1370. The van der Waals surface area contributed by atoms with Crippen LogP contribution in [0.25, 0.3) is 6.08 Å². The van der Waals surface area contributed by atoms with Gasteiger partial charge in [0.05, 0.1) is 26.8 Å². The molecule has 0 fully saturated rings. The number of fused-ring (bicyclic) bond motifs is 1. The Morgan fingerprint density at radius 2 is 1.88 bits per heavy atom. The summed E-state index contributed by atoms with van der Waals surface area (Å²) in [5.41, 5.74) is 0.765. The van der Waals surface area contributed by atoms with E-state index in [1.165, 1.54) is 24.3 Å². The van der Waals surface area contributed by atoms with E-state index >= 15 is 0 Å². The summed E-state index contributed by atoms with van der Waals surface area (Å²) >= 11 is 6.19. The Labute approximate surface area is 196 Å². The molecule has 0 bridgehead atoms. The summed E-state index contributed by atoms with van der Waals surface area (Å²) in [6.07, 6.45) is 5.89. The Morgan fingerprint density at radius 1 is 1.12 bits per heavy atom. The summed E-state index contributed by atoms with van der Waals surface area (Å²) in [7, 11) is -3.74. The molecular formula is C24H22ClN3O4S. The average Bonchev–Trinajstić information content (AvgIpc) is 3.26. The fourth-order valence-corrected chi connectivity index (χ4v) is 4.92. The van der Waals surface area contributed by atoms with Gasteiger partial charge in [0.25, 0.3) is 0 Å². The molecule has 0 saturated carbocycles. The van der Waals surface area contributed by atoms with Crippen LogP contribution in [0.5, 0.6) is 5.75 Å². The zero-order valence-corrected chi connectivity index (χ0v) is 19.4. The Kier molecular flexibility index (Phi) is 6.76. The van der Waals surface area contributed by atoms with Gasteiger partial charge >= 0.3 is 0 Å². The summed E-state index contributed by atoms with van der Waals surface area (Å²) in [4.78, 5) is 21.1. The highest BCUT2D eigenvalue weighted by Crippen LogP contribution is 2.30. The highest BCUT2D eigenvalue weighted by atomic mass is 35.5. The van der Waals surface area contributed by atoms with Gasteiger partial charge < -0.3 is 10.1 Å². The number of hydrogen-bond acceptors (Lipinski definition) is 6. The van der Waals surface area contributed by atoms with Crippen molar-refractivity contribution in [3.63, 3.8) is 0 Å². The molecule has 1 aromatic heterocycles. The molecule has 1 atom stereocenters. The number of ether oxygens (including phenoxy) is 1.